The van der Waals surface area contributed by atoms with Gasteiger partial charge in [-0.25, -0.2) is 9.59 Å². The highest BCUT2D eigenvalue weighted by Gasteiger charge is 2.42. The molecule has 3 N–H and O–H groups in total. The summed E-state index contributed by atoms with van der Waals surface area (Å²) < 4.78 is 5.47. The fourth-order valence-corrected chi connectivity index (χ4v) is 7.29. The Bertz CT molecular complexity index is 889. The number of hydrogen-bond donors (Lipinski definition) is 3. The molecule has 244 valence electrons. The molecule has 0 saturated carbocycles. The van der Waals surface area contributed by atoms with Gasteiger partial charge in [0.25, 0.3) is 11.8 Å². The largest absolute Gasteiger partial charge is 0.381 e. The highest BCUT2D eigenvalue weighted by atomic mass is 32.2. The normalized spacial score (nSPS) is 21.2. The summed E-state index contributed by atoms with van der Waals surface area (Å²) in [5.41, 5.74) is 0. The topological polar surface area (TPSA) is 143 Å². The number of hydrogen-bond acceptors (Lipinski definition) is 8. The van der Waals surface area contributed by atoms with Gasteiger partial charge in [-0.3, -0.25) is 14.4 Å². The van der Waals surface area contributed by atoms with Crippen molar-refractivity contribution in [1.82, 2.24) is 21.0 Å². The molecule has 3 aliphatic rings. The van der Waals surface area contributed by atoms with Crippen LogP contribution in [-0.2, 0) is 28.8 Å². The van der Waals surface area contributed by atoms with Crippen molar-refractivity contribution in [3.8, 4) is 0 Å². The second kappa shape index (κ2) is 20.6. The van der Waals surface area contributed by atoms with Gasteiger partial charge in [0.2, 0.25) is 5.91 Å². The van der Waals surface area contributed by atoms with Gasteiger partial charge in [-0.2, -0.15) is 11.8 Å². The maximum absolute atomic E-state index is 12.1. The standard InChI is InChI=1S/C31H52N4O7S/c36-26(16-12-11-15-25-30-24(23-43-25)33-31(40)34-30)32-20-13-9-7-5-3-1-2-4-6-8-10-14-21-41-22-19-29(39)42-35-27(37)17-18-28(35)38/h24-25,30H,1-23H2,(H,32,36)(H2,33,34,40)/t24-,25-,30-/m0/s1. The Morgan fingerprint density at radius 3 is 2.07 bits per heavy atom. The molecule has 11 nitrogen and oxygen atoms in total. The summed E-state index contributed by atoms with van der Waals surface area (Å²) >= 11 is 1.93. The first-order valence-electron chi connectivity index (χ1n) is 16.5. The van der Waals surface area contributed by atoms with Gasteiger partial charge in [-0.05, 0) is 25.7 Å². The third-order valence-electron chi connectivity index (χ3n) is 8.27. The molecule has 0 radical (unpaired) electrons. The number of thioether (sulfide) groups is 1. The average molecular weight is 625 g/mol. The van der Waals surface area contributed by atoms with Crippen molar-refractivity contribution in [3.63, 3.8) is 0 Å². The van der Waals surface area contributed by atoms with Crippen LogP contribution in [-0.4, -0.2) is 77.6 Å². The number of fused-ring (bicyclic) bond motifs is 1. The quantitative estimate of drug-likeness (QED) is 0.0808. The van der Waals surface area contributed by atoms with Crippen LogP contribution in [0, 0.1) is 0 Å². The van der Waals surface area contributed by atoms with E-state index in [0.717, 1.165) is 50.8 Å². The Balaban J connectivity index is 0.977. The van der Waals surface area contributed by atoms with E-state index in [4.69, 9.17) is 9.57 Å². The zero-order chi connectivity index (χ0) is 30.7. The van der Waals surface area contributed by atoms with Crippen LogP contribution < -0.4 is 16.0 Å². The van der Waals surface area contributed by atoms with Gasteiger partial charge in [-0.1, -0.05) is 70.6 Å². The molecule has 5 amide bonds. The van der Waals surface area contributed by atoms with Gasteiger partial charge >= 0.3 is 12.0 Å². The van der Waals surface area contributed by atoms with E-state index in [9.17, 15) is 24.0 Å². The van der Waals surface area contributed by atoms with E-state index >= 15 is 0 Å². The average Bonchev–Trinajstić information content (AvgIpc) is 3.64. The lowest BCUT2D eigenvalue weighted by atomic mass is 10.0. The molecule has 0 bridgehead atoms. The molecular weight excluding hydrogens is 572 g/mol. The van der Waals surface area contributed by atoms with Crippen molar-refractivity contribution in [2.24, 2.45) is 0 Å². The Hall–Kier alpha value is -2.34. The number of imide groups is 1. The number of amides is 5. The van der Waals surface area contributed by atoms with Crippen LogP contribution in [0.1, 0.15) is 122 Å². The third kappa shape index (κ3) is 13.9. The number of unbranched alkanes of at least 4 members (excludes halogenated alkanes) is 12. The van der Waals surface area contributed by atoms with E-state index in [-0.39, 0.29) is 49.9 Å². The molecular formula is C31H52N4O7S. The van der Waals surface area contributed by atoms with Crippen LogP contribution in [0.4, 0.5) is 4.79 Å². The molecule has 3 fully saturated rings. The fourth-order valence-electron chi connectivity index (χ4n) is 5.75. The minimum Gasteiger partial charge on any atom is -0.381 e. The van der Waals surface area contributed by atoms with Crippen molar-refractivity contribution < 1.29 is 33.5 Å². The summed E-state index contributed by atoms with van der Waals surface area (Å²) in [7, 11) is 0. The molecule has 3 rings (SSSR count). The van der Waals surface area contributed by atoms with Crippen molar-refractivity contribution in [2.45, 2.75) is 139 Å². The van der Waals surface area contributed by atoms with Crippen LogP contribution in [0.25, 0.3) is 0 Å². The predicted molar refractivity (Wildman–Crippen MR) is 165 cm³/mol. The van der Waals surface area contributed by atoms with E-state index in [1.165, 1.54) is 57.8 Å². The molecule has 3 atom stereocenters. The fraction of sp³-hybridized carbons (Fsp3) is 0.839. The van der Waals surface area contributed by atoms with E-state index in [1.54, 1.807) is 0 Å². The number of urea groups is 1. The van der Waals surface area contributed by atoms with Crippen LogP contribution in [0.3, 0.4) is 0 Å². The highest BCUT2D eigenvalue weighted by Crippen LogP contribution is 2.33. The van der Waals surface area contributed by atoms with Crippen molar-refractivity contribution >= 4 is 41.5 Å². The van der Waals surface area contributed by atoms with Crippen molar-refractivity contribution in [3.05, 3.63) is 0 Å². The zero-order valence-electron chi connectivity index (χ0n) is 25.7. The SMILES string of the molecule is O=C(CCCC[C@@H]1SC[C@@H]2NC(=O)N[C@@H]21)NCCCCCCCCCCCCCCOCCC(=O)ON1C(=O)CCC1=O. The van der Waals surface area contributed by atoms with Crippen molar-refractivity contribution in [1.29, 1.82) is 0 Å². The van der Waals surface area contributed by atoms with E-state index < -0.39 is 17.8 Å². The number of nitrogens with zero attached hydrogens (tertiary/aromatic N) is 1. The second-order valence-corrected chi connectivity index (χ2v) is 13.1. The third-order valence-corrected chi connectivity index (χ3v) is 9.78. The number of carbonyl (C=O) groups excluding carboxylic acids is 5. The van der Waals surface area contributed by atoms with Crippen LogP contribution in [0.15, 0.2) is 0 Å². The lowest BCUT2D eigenvalue weighted by Crippen LogP contribution is -2.36. The van der Waals surface area contributed by atoms with E-state index in [2.05, 4.69) is 16.0 Å². The van der Waals surface area contributed by atoms with Gasteiger partial charge < -0.3 is 25.5 Å². The van der Waals surface area contributed by atoms with Crippen LogP contribution in [0.2, 0.25) is 0 Å². The van der Waals surface area contributed by atoms with E-state index in [1.807, 2.05) is 11.8 Å². The summed E-state index contributed by atoms with van der Waals surface area (Å²) in [6.45, 7) is 1.60. The van der Waals surface area contributed by atoms with Crippen LogP contribution >= 0.6 is 11.8 Å². The molecule has 43 heavy (non-hydrogen) atoms. The van der Waals surface area contributed by atoms with Gasteiger partial charge in [0.05, 0.1) is 25.1 Å². The summed E-state index contributed by atoms with van der Waals surface area (Å²) in [6, 6.07) is 0.479. The Morgan fingerprint density at radius 1 is 0.767 bits per heavy atom. The van der Waals surface area contributed by atoms with Crippen molar-refractivity contribution in [2.75, 3.05) is 25.5 Å². The molecule has 0 aromatic carbocycles. The maximum atomic E-state index is 12.1. The highest BCUT2D eigenvalue weighted by molar-refractivity contribution is 8.00. The molecule has 0 unspecified atom stereocenters. The molecule has 12 heteroatoms. The van der Waals surface area contributed by atoms with Gasteiger partial charge in [0.1, 0.15) is 0 Å². The Kier molecular flexibility index (Phi) is 16.8. The number of nitrogens with one attached hydrogen (secondary N) is 3. The molecule has 0 aliphatic carbocycles. The van der Waals surface area contributed by atoms with Gasteiger partial charge in [0, 0.05) is 43.4 Å². The number of ether oxygens (including phenoxy) is 1. The minimum absolute atomic E-state index is 0.0255. The molecule has 3 heterocycles. The smallest absolute Gasteiger partial charge is 0.335 e. The Labute approximate surface area is 260 Å². The molecule has 3 saturated heterocycles. The lowest BCUT2D eigenvalue weighted by molar-refractivity contribution is -0.198. The summed E-state index contributed by atoms with van der Waals surface area (Å²) in [4.78, 5) is 62.9. The number of hydroxylamine groups is 2. The molecule has 0 aromatic rings. The van der Waals surface area contributed by atoms with Gasteiger partial charge in [0.15, 0.2) is 0 Å². The summed E-state index contributed by atoms with van der Waals surface area (Å²) in [5.74, 6) is -0.413. The lowest BCUT2D eigenvalue weighted by Gasteiger charge is -2.16. The van der Waals surface area contributed by atoms with Gasteiger partial charge in [-0.15, -0.1) is 5.06 Å². The number of rotatable bonds is 24. The molecule has 0 aromatic heterocycles. The molecule has 3 aliphatic heterocycles. The van der Waals surface area contributed by atoms with Crippen LogP contribution in [0.5, 0.6) is 0 Å². The Morgan fingerprint density at radius 2 is 1.40 bits per heavy atom. The minimum atomic E-state index is -0.622. The number of carbonyl (C=O) groups is 5. The first-order chi connectivity index (χ1) is 20.9. The first kappa shape index (κ1) is 35.1. The summed E-state index contributed by atoms with van der Waals surface area (Å²) in [5, 5.41) is 10.1. The van der Waals surface area contributed by atoms with E-state index in [0.29, 0.717) is 23.3 Å². The second-order valence-electron chi connectivity index (χ2n) is 11.9. The predicted octanol–water partition coefficient (Wildman–Crippen LogP) is 4.52. The molecule has 0 spiro atoms. The summed E-state index contributed by atoms with van der Waals surface area (Å²) in [6.07, 6.45) is 18.1. The first-order valence-corrected chi connectivity index (χ1v) is 17.6. The monoisotopic (exact) mass is 624 g/mol. The maximum Gasteiger partial charge on any atom is 0.335 e. The zero-order valence-corrected chi connectivity index (χ0v) is 26.5.